The normalized spacial score (nSPS) is 19.0. The van der Waals surface area contributed by atoms with Crippen LogP contribution in [0.1, 0.15) is 40.3 Å². The molecule has 1 saturated heterocycles. The lowest BCUT2D eigenvalue weighted by Gasteiger charge is -2.37. The van der Waals surface area contributed by atoms with Gasteiger partial charge in [0.2, 0.25) is 0 Å². The van der Waals surface area contributed by atoms with Crippen molar-refractivity contribution in [3.05, 3.63) is 128 Å². The standard InChI is InChI=1S/C33H32Br2O5/c1-21-17-27(29(35)18-28(21)34)31-19-30(36)32(40-31)20-39-33(22-7-5-4-6-8-22,23-9-13-25(37-2)14-10-23)24-11-15-26(38-3)16-12-24/h4-18,30-32,36H,19-20H2,1-3H3/t30-,31+,32+/m0/s1. The van der Waals surface area contributed by atoms with E-state index >= 15 is 0 Å². The Morgan fingerprint density at radius 1 is 0.800 bits per heavy atom. The van der Waals surface area contributed by atoms with Gasteiger partial charge in [-0.1, -0.05) is 92.5 Å². The summed E-state index contributed by atoms with van der Waals surface area (Å²) in [6.45, 7) is 2.22. The lowest BCUT2D eigenvalue weighted by atomic mass is 9.80. The SMILES string of the molecule is COc1ccc(C(OC[C@H]2O[C@@H](c3cc(C)c(Br)cc3Br)C[C@@H]2O)(c2ccccc2)c2ccc(OC)cc2)cc1. The van der Waals surface area contributed by atoms with Crippen LogP contribution in [0.5, 0.6) is 11.5 Å². The number of ether oxygens (including phenoxy) is 4. The lowest BCUT2D eigenvalue weighted by molar-refractivity contribution is -0.0828. The molecule has 0 bridgehead atoms. The number of aryl methyl sites for hydroxylation is 1. The molecule has 1 aliphatic heterocycles. The van der Waals surface area contributed by atoms with Crippen LogP contribution in [0.3, 0.4) is 0 Å². The van der Waals surface area contributed by atoms with Crippen molar-refractivity contribution >= 4 is 31.9 Å². The Morgan fingerprint density at radius 2 is 1.35 bits per heavy atom. The second-order valence-corrected chi connectivity index (χ2v) is 11.6. The number of aliphatic hydroxyl groups is 1. The van der Waals surface area contributed by atoms with E-state index in [2.05, 4.69) is 50.1 Å². The molecule has 5 nitrogen and oxygen atoms in total. The summed E-state index contributed by atoms with van der Waals surface area (Å²) in [6, 6.07) is 30.1. The molecule has 0 aliphatic carbocycles. The minimum absolute atomic E-state index is 0.178. The van der Waals surface area contributed by atoms with Gasteiger partial charge in [0.15, 0.2) is 0 Å². The largest absolute Gasteiger partial charge is 0.497 e. The molecule has 0 saturated carbocycles. The van der Waals surface area contributed by atoms with Gasteiger partial charge in [0.05, 0.1) is 33.0 Å². The Balaban J connectivity index is 1.53. The lowest BCUT2D eigenvalue weighted by Crippen LogP contribution is -2.38. The number of halogens is 2. The molecular weight excluding hydrogens is 636 g/mol. The van der Waals surface area contributed by atoms with Gasteiger partial charge in [0, 0.05) is 15.4 Å². The zero-order valence-electron chi connectivity index (χ0n) is 22.6. The van der Waals surface area contributed by atoms with Gasteiger partial charge in [-0.25, -0.2) is 0 Å². The van der Waals surface area contributed by atoms with Gasteiger partial charge in [0.1, 0.15) is 23.2 Å². The molecule has 1 heterocycles. The summed E-state index contributed by atoms with van der Waals surface area (Å²) >= 11 is 7.26. The van der Waals surface area contributed by atoms with Crippen molar-refractivity contribution in [2.75, 3.05) is 20.8 Å². The van der Waals surface area contributed by atoms with Crippen molar-refractivity contribution in [2.45, 2.75) is 37.3 Å². The van der Waals surface area contributed by atoms with Crippen LogP contribution < -0.4 is 9.47 Å². The number of benzene rings is 4. The molecule has 0 amide bonds. The first-order chi connectivity index (χ1) is 19.3. The van der Waals surface area contributed by atoms with Gasteiger partial charge < -0.3 is 24.1 Å². The molecule has 4 aromatic rings. The maximum atomic E-state index is 11.1. The second-order valence-electron chi connectivity index (χ2n) is 9.90. The molecule has 0 spiro atoms. The maximum Gasteiger partial charge on any atom is 0.143 e. The van der Waals surface area contributed by atoms with E-state index in [1.807, 2.05) is 79.7 Å². The van der Waals surface area contributed by atoms with Crippen LogP contribution in [-0.4, -0.2) is 38.1 Å². The minimum atomic E-state index is -0.976. The monoisotopic (exact) mass is 666 g/mol. The first kappa shape index (κ1) is 28.8. The molecular formula is C33H32Br2O5. The molecule has 1 fully saturated rings. The molecule has 5 rings (SSSR count). The summed E-state index contributed by atoms with van der Waals surface area (Å²) in [7, 11) is 3.31. The van der Waals surface area contributed by atoms with Crippen LogP contribution in [0.4, 0.5) is 0 Å². The summed E-state index contributed by atoms with van der Waals surface area (Å²) in [4.78, 5) is 0. The predicted octanol–water partition coefficient (Wildman–Crippen LogP) is 7.74. The summed E-state index contributed by atoms with van der Waals surface area (Å²) in [5.74, 6) is 1.52. The molecule has 3 atom stereocenters. The number of rotatable bonds is 9. The summed E-state index contributed by atoms with van der Waals surface area (Å²) in [6.07, 6.45) is -0.962. The second kappa shape index (κ2) is 12.5. The maximum absolute atomic E-state index is 11.1. The van der Waals surface area contributed by atoms with E-state index < -0.39 is 17.8 Å². The van der Waals surface area contributed by atoms with Crippen LogP contribution in [-0.2, 0) is 15.1 Å². The highest BCUT2D eigenvalue weighted by Crippen LogP contribution is 2.44. The Kier molecular flexibility index (Phi) is 8.98. The fourth-order valence-corrected chi connectivity index (χ4v) is 6.54. The Labute approximate surface area is 252 Å². The number of aliphatic hydroxyl groups excluding tert-OH is 1. The summed E-state index contributed by atoms with van der Waals surface area (Å²) in [5.41, 5.74) is 3.97. The highest BCUT2D eigenvalue weighted by Gasteiger charge is 2.42. The molecule has 1 aliphatic rings. The molecule has 7 heteroatoms. The van der Waals surface area contributed by atoms with Crippen LogP contribution in [0.2, 0.25) is 0 Å². The van der Waals surface area contributed by atoms with E-state index in [4.69, 9.17) is 18.9 Å². The third kappa shape index (κ3) is 5.71. The van der Waals surface area contributed by atoms with Crippen molar-refractivity contribution in [3.8, 4) is 11.5 Å². The fourth-order valence-electron chi connectivity index (χ4n) is 5.29. The Morgan fingerprint density at radius 3 is 1.90 bits per heavy atom. The van der Waals surface area contributed by atoms with Crippen LogP contribution in [0.15, 0.2) is 99.9 Å². The Hall–Kier alpha value is -2.68. The highest BCUT2D eigenvalue weighted by molar-refractivity contribution is 9.11. The summed E-state index contributed by atoms with van der Waals surface area (Å²) < 4.78 is 26.3. The zero-order valence-corrected chi connectivity index (χ0v) is 25.8. The quantitative estimate of drug-likeness (QED) is 0.185. The first-order valence-electron chi connectivity index (χ1n) is 13.1. The van der Waals surface area contributed by atoms with Crippen LogP contribution in [0, 0.1) is 6.92 Å². The molecule has 208 valence electrons. The zero-order chi connectivity index (χ0) is 28.3. The Bertz CT molecular complexity index is 1380. The van der Waals surface area contributed by atoms with Gasteiger partial charge in [-0.15, -0.1) is 0 Å². The number of hydrogen-bond donors (Lipinski definition) is 1. The third-order valence-electron chi connectivity index (χ3n) is 7.49. The van der Waals surface area contributed by atoms with Gasteiger partial charge >= 0.3 is 0 Å². The van der Waals surface area contributed by atoms with Crippen molar-refractivity contribution in [1.29, 1.82) is 0 Å². The highest BCUT2D eigenvalue weighted by atomic mass is 79.9. The van der Waals surface area contributed by atoms with E-state index in [1.165, 1.54) is 0 Å². The van der Waals surface area contributed by atoms with Crippen molar-refractivity contribution in [1.82, 2.24) is 0 Å². The smallest absolute Gasteiger partial charge is 0.143 e. The number of methoxy groups -OCH3 is 2. The molecule has 40 heavy (non-hydrogen) atoms. The van der Waals surface area contributed by atoms with E-state index in [1.54, 1.807) is 14.2 Å². The van der Waals surface area contributed by atoms with Gasteiger partial charge in [-0.3, -0.25) is 0 Å². The van der Waals surface area contributed by atoms with Crippen molar-refractivity contribution < 1.29 is 24.1 Å². The van der Waals surface area contributed by atoms with Crippen molar-refractivity contribution in [2.24, 2.45) is 0 Å². The third-order valence-corrected chi connectivity index (χ3v) is 9.03. The van der Waals surface area contributed by atoms with Crippen molar-refractivity contribution in [3.63, 3.8) is 0 Å². The van der Waals surface area contributed by atoms with Gasteiger partial charge in [-0.05, 0) is 65.1 Å². The molecule has 1 N–H and O–H groups in total. The van der Waals surface area contributed by atoms with Gasteiger partial charge in [-0.2, -0.15) is 0 Å². The fraction of sp³-hybridized carbons (Fsp3) is 0.273. The van der Waals surface area contributed by atoms with Crippen LogP contribution in [0.25, 0.3) is 0 Å². The number of hydrogen-bond acceptors (Lipinski definition) is 5. The van der Waals surface area contributed by atoms with E-state index in [0.717, 1.165) is 48.3 Å². The van der Waals surface area contributed by atoms with Gasteiger partial charge in [0.25, 0.3) is 0 Å². The topological polar surface area (TPSA) is 57.2 Å². The first-order valence-corrected chi connectivity index (χ1v) is 14.7. The molecule has 0 radical (unpaired) electrons. The molecule has 0 unspecified atom stereocenters. The average molecular weight is 668 g/mol. The van der Waals surface area contributed by atoms with E-state index in [9.17, 15) is 5.11 Å². The average Bonchev–Trinajstić information content (AvgIpc) is 3.36. The van der Waals surface area contributed by atoms with E-state index in [-0.39, 0.29) is 12.7 Å². The molecule has 0 aromatic heterocycles. The van der Waals surface area contributed by atoms with Crippen LogP contribution >= 0.6 is 31.9 Å². The molecule has 4 aromatic carbocycles. The minimum Gasteiger partial charge on any atom is -0.497 e. The predicted molar refractivity (Wildman–Crippen MR) is 163 cm³/mol. The van der Waals surface area contributed by atoms with E-state index in [0.29, 0.717) is 6.42 Å². The summed E-state index contributed by atoms with van der Waals surface area (Å²) in [5, 5.41) is 11.1.